The van der Waals surface area contributed by atoms with E-state index < -0.39 is 23.0 Å². The Balaban J connectivity index is 3.10. The average molecular weight is 212 g/mol. The van der Waals surface area contributed by atoms with Crippen molar-refractivity contribution in [2.24, 2.45) is 5.92 Å². The molecule has 0 bridgehead atoms. The first-order chi connectivity index (χ1) is 7.11. The quantitative estimate of drug-likeness (QED) is 0.697. The van der Waals surface area contributed by atoms with E-state index in [4.69, 9.17) is 0 Å². The summed E-state index contributed by atoms with van der Waals surface area (Å²) < 4.78 is 26.5. The molecule has 0 amide bonds. The van der Waals surface area contributed by atoms with Crippen molar-refractivity contribution in [2.45, 2.75) is 26.7 Å². The molecule has 0 N–H and O–H groups in total. The van der Waals surface area contributed by atoms with Crippen LogP contribution in [0, 0.1) is 17.6 Å². The molecular formula is C12H14F2O. The van der Waals surface area contributed by atoms with Crippen LogP contribution in [0.2, 0.25) is 0 Å². The first-order valence-corrected chi connectivity index (χ1v) is 5.10. The summed E-state index contributed by atoms with van der Waals surface area (Å²) in [7, 11) is 0. The average Bonchev–Trinajstić information content (AvgIpc) is 2.19. The minimum absolute atomic E-state index is 0.295. The van der Waals surface area contributed by atoms with E-state index in [0.29, 0.717) is 12.8 Å². The van der Waals surface area contributed by atoms with Crippen molar-refractivity contribution >= 4 is 5.78 Å². The Hall–Kier alpha value is -1.25. The van der Waals surface area contributed by atoms with E-state index in [0.717, 1.165) is 12.1 Å². The second-order valence-electron chi connectivity index (χ2n) is 3.47. The Kier molecular flexibility index (Phi) is 3.95. The predicted octanol–water partition coefficient (Wildman–Crippen LogP) is 3.58. The molecule has 0 aliphatic rings. The summed E-state index contributed by atoms with van der Waals surface area (Å²) in [6.45, 7) is 3.68. The van der Waals surface area contributed by atoms with Crippen LogP contribution in [-0.4, -0.2) is 5.78 Å². The van der Waals surface area contributed by atoms with Crippen LogP contribution in [-0.2, 0) is 0 Å². The smallest absolute Gasteiger partial charge is 0.171 e. The van der Waals surface area contributed by atoms with Gasteiger partial charge in [0.15, 0.2) is 5.78 Å². The third kappa shape index (κ3) is 2.41. The number of rotatable bonds is 4. The molecule has 82 valence electrons. The molecule has 0 atom stereocenters. The molecule has 1 aromatic rings. The lowest BCUT2D eigenvalue weighted by molar-refractivity contribution is 0.0904. The normalized spacial score (nSPS) is 10.7. The predicted molar refractivity (Wildman–Crippen MR) is 54.8 cm³/mol. The monoisotopic (exact) mass is 212 g/mol. The zero-order valence-electron chi connectivity index (χ0n) is 8.89. The maximum absolute atomic E-state index is 13.3. The maximum atomic E-state index is 13.3. The number of carbonyl (C=O) groups is 1. The number of ketones is 1. The van der Waals surface area contributed by atoms with Gasteiger partial charge in [-0.3, -0.25) is 4.79 Å². The minimum Gasteiger partial charge on any atom is -0.294 e. The van der Waals surface area contributed by atoms with Gasteiger partial charge in [0.25, 0.3) is 0 Å². The number of benzene rings is 1. The highest BCUT2D eigenvalue weighted by molar-refractivity contribution is 5.98. The molecule has 0 unspecified atom stereocenters. The number of carbonyl (C=O) groups excluding carboxylic acids is 1. The van der Waals surface area contributed by atoms with Crippen LogP contribution in [0.15, 0.2) is 18.2 Å². The first-order valence-electron chi connectivity index (χ1n) is 5.10. The number of halogens is 2. The molecule has 1 rings (SSSR count). The molecule has 15 heavy (non-hydrogen) atoms. The Bertz CT molecular complexity index is 336. The maximum Gasteiger partial charge on any atom is 0.171 e. The van der Waals surface area contributed by atoms with E-state index in [1.807, 2.05) is 13.8 Å². The first kappa shape index (κ1) is 11.8. The van der Waals surface area contributed by atoms with Gasteiger partial charge in [-0.15, -0.1) is 0 Å². The summed E-state index contributed by atoms with van der Waals surface area (Å²) in [6, 6.07) is 3.48. The third-order valence-electron chi connectivity index (χ3n) is 2.57. The highest BCUT2D eigenvalue weighted by Gasteiger charge is 2.22. The van der Waals surface area contributed by atoms with Gasteiger partial charge in [-0.05, 0) is 25.0 Å². The van der Waals surface area contributed by atoms with Crippen molar-refractivity contribution in [3.63, 3.8) is 0 Å². The van der Waals surface area contributed by atoms with E-state index in [2.05, 4.69) is 0 Å². The molecule has 0 spiro atoms. The van der Waals surface area contributed by atoms with Gasteiger partial charge in [0, 0.05) is 5.92 Å². The third-order valence-corrected chi connectivity index (χ3v) is 2.57. The zero-order valence-corrected chi connectivity index (χ0v) is 8.89. The molecule has 0 heterocycles. The number of Topliss-reactive ketones (excluding diaryl/α,β-unsaturated/α-hetero) is 1. The largest absolute Gasteiger partial charge is 0.294 e. The summed E-state index contributed by atoms with van der Waals surface area (Å²) in [4.78, 5) is 11.8. The molecule has 0 fully saturated rings. The number of hydrogen-bond acceptors (Lipinski definition) is 1. The van der Waals surface area contributed by atoms with Gasteiger partial charge in [-0.2, -0.15) is 0 Å². The van der Waals surface area contributed by atoms with Gasteiger partial charge < -0.3 is 0 Å². The van der Waals surface area contributed by atoms with Crippen molar-refractivity contribution in [1.29, 1.82) is 0 Å². The standard InChI is InChI=1S/C12H14F2O/c1-3-8(4-2)12(15)11-9(13)6-5-7-10(11)14/h5-8H,3-4H2,1-2H3. The molecule has 0 saturated carbocycles. The van der Waals surface area contributed by atoms with Gasteiger partial charge in [0.1, 0.15) is 11.6 Å². The van der Waals surface area contributed by atoms with E-state index in [1.54, 1.807) is 0 Å². The summed E-state index contributed by atoms with van der Waals surface area (Å²) in [5, 5.41) is 0. The Morgan fingerprint density at radius 2 is 1.67 bits per heavy atom. The van der Waals surface area contributed by atoms with Gasteiger partial charge in [0.2, 0.25) is 0 Å². The molecule has 1 aromatic carbocycles. The summed E-state index contributed by atoms with van der Waals surface area (Å²) in [6.07, 6.45) is 1.20. The van der Waals surface area contributed by atoms with E-state index in [-0.39, 0.29) is 5.92 Å². The fourth-order valence-corrected chi connectivity index (χ4v) is 1.60. The lowest BCUT2D eigenvalue weighted by Crippen LogP contribution is -2.16. The van der Waals surface area contributed by atoms with E-state index >= 15 is 0 Å². The van der Waals surface area contributed by atoms with Crippen LogP contribution >= 0.6 is 0 Å². The van der Waals surface area contributed by atoms with Crippen molar-refractivity contribution in [2.75, 3.05) is 0 Å². The molecule has 0 radical (unpaired) electrons. The Labute approximate surface area is 88.1 Å². The molecule has 0 aliphatic heterocycles. The van der Waals surface area contributed by atoms with Crippen LogP contribution in [0.3, 0.4) is 0 Å². The van der Waals surface area contributed by atoms with Crippen LogP contribution in [0.25, 0.3) is 0 Å². The van der Waals surface area contributed by atoms with Gasteiger partial charge in [-0.25, -0.2) is 8.78 Å². The Morgan fingerprint density at radius 3 is 2.07 bits per heavy atom. The zero-order chi connectivity index (χ0) is 11.4. The highest BCUT2D eigenvalue weighted by Crippen LogP contribution is 2.20. The van der Waals surface area contributed by atoms with Gasteiger partial charge >= 0.3 is 0 Å². The second kappa shape index (κ2) is 5.01. The fraction of sp³-hybridized carbons (Fsp3) is 0.417. The van der Waals surface area contributed by atoms with Crippen LogP contribution in [0.4, 0.5) is 8.78 Å². The molecule has 1 nitrogen and oxygen atoms in total. The molecule has 3 heteroatoms. The topological polar surface area (TPSA) is 17.1 Å². The number of hydrogen-bond donors (Lipinski definition) is 0. The minimum atomic E-state index is -0.771. The van der Waals surface area contributed by atoms with Crippen LogP contribution < -0.4 is 0 Å². The second-order valence-corrected chi connectivity index (χ2v) is 3.47. The lowest BCUT2D eigenvalue weighted by atomic mass is 9.92. The van der Waals surface area contributed by atoms with Crippen LogP contribution in [0.5, 0.6) is 0 Å². The lowest BCUT2D eigenvalue weighted by Gasteiger charge is -2.11. The molecule has 0 aliphatic carbocycles. The Morgan fingerprint density at radius 1 is 1.20 bits per heavy atom. The SMILES string of the molecule is CCC(CC)C(=O)c1c(F)cccc1F. The summed E-state index contributed by atoms with van der Waals surface area (Å²) in [5.74, 6) is -2.27. The highest BCUT2D eigenvalue weighted by atomic mass is 19.1. The van der Waals surface area contributed by atoms with E-state index in [9.17, 15) is 13.6 Å². The van der Waals surface area contributed by atoms with Crippen molar-refractivity contribution in [3.8, 4) is 0 Å². The van der Waals surface area contributed by atoms with E-state index in [1.165, 1.54) is 6.07 Å². The molecular weight excluding hydrogens is 198 g/mol. The molecule has 0 saturated heterocycles. The van der Waals surface area contributed by atoms with Crippen molar-refractivity contribution in [1.82, 2.24) is 0 Å². The van der Waals surface area contributed by atoms with Crippen molar-refractivity contribution < 1.29 is 13.6 Å². The summed E-state index contributed by atoms with van der Waals surface area (Å²) >= 11 is 0. The van der Waals surface area contributed by atoms with Crippen LogP contribution in [0.1, 0.15) is 37.0 Å². The summed E-state index contributed by atoms with van der Waals surface area (Å²) in [5.41, 5.74) is -0.397. The van der Waals surface area contributed by atoms with Crippen molar-refractivity contribution in [3.05, 3.63) is 35.4 Å². The van der Waals surface area contributed by atoms with Gasteiger partial charge in [0.05, 0.1) is 5.56 Å². The molecule has 0 aromatic heterocycles. The van der Waals surface area contributed by atoms with Gasteiger partial charge in [-0.1, -0.05) is 19.9 Å². The fourth-order valence-electron chi connectivity index (χ4n) is 1.60.